The fraction of sp³-hybridized carbons (Fsp3) is 0.0714. The summed E-state index contributed by atoms with van der Waals surface area (Å²) in [5.74, 6) is -3.00. The highest BCUT2D eigenvalue weighted by Gasteiger charge is 2.21. The Labute approximate surface area is 144 Å². The van der Waals surface area contributed by atoms with Crippen LogP contribution in [0.25, 0.3) is 11.5 Å². The molecule has 0 atom stereocenters. The third kappa shape index (κ3) is 2.94. The van der Waals surface area contributed by atoms with Crippen LogP contribution in [-0.2, 0) is 0 Å². The fourth-order valence-corrected chi connectivity index (χ4v) is 2.16. The van der Waals surface area contributed by atoms with E-state index in [1.807, 2.05) is 0 Å². The number of hydrogen-bond donors (Lipinski definition) is 3. The van der Waals surface area contributed by atoms with Gasteiger partial charge in [-0.1, -0.05) is 17.9 Å². The predicted octanol–water partition coefficient (Wildman–Crippen LogP) is 0.724. The summed E-state index contributed by atoms with van der Waals surface area (Å²) in [7, 11) is 0. The molecule has 12 heteroatoms. The Morgan fingerprint density at radius 2 is 1.96 bits per heavy atom. The molecule has 0 aliphatic rings. The molecule has 0 fully saturated rings. The summed E-state index contributed by atoms with van der Waals surface area (Å²) < 4.78 is 33.0. The molecule has 2 aromatic heterocycles. The van der Waals surface area contributed by atoms with Gasteiger partial charge in [0.2, 0.25) is 11.6 Å². The fourth-order valence-electron chi connectivity index (χ4n) is 2.16. The summed E-state index contributed by atoms with van der Waals surface area (Å²) in [5, 5.41) is 14.7. The quantitative estimate of drug-likeness (QED) is 0.565. The van der Waals surface area contributed by atoms with Crippen LogP contribution in [0.3, 0.4) is 0 Å². The van der Waals surface area contributed by atoms with Crippen LogP contribution in [0, 0.1) is 18.6 Å². The number of halogens is 2. The third-order valence-corrected chi connectivity index (χ3v) is 3.34. The molecule has 0 aliphatic heterocycles. The molecule has 3 aromatic rings. The van der Waals surface area contributed by atoms with E-state index >= 15 is 0 Å². The summed E-state index contributed by atoms with van der Waals surface area (Å²) in [5.41, 5.74) is 10.3. The minimum atomic E-state index is -1.03. The molecular formula is C14H12F2N8O2. The van der Waals surface area contributed by atoms with Gasteiger partial charge >= 0.3 is 0 Å². The molecule has 134 valence electrons. The van der Waals surface area contributed by atoms with E-state index in [0.717, 1.165) is 18.2 Å². The summed E-state index contributed by atoms with van der Waals surface area (Å²) in [4.78, 5) is 12.0. The summed E-state index contributed by atoms with van der Waals surface area (Å²) in [6.45, 7) is 5.35. The lowest BCUT2D eigenvalue weighted by Gasteiger charge is -2.12. The second kappa shape index (κ2) is 6.58. The molecule has 0 unspecified atom stereocenters. The van der Waals surface area contributed by atoms with E-state index in [1.165, 1.54) is 4.68 Å². The van der Waals surface area contributed by atoms with Crippen molar-refractivity contribution in [3.8, 4) is 5.82 Å². The number of nitrogens with two attached hydrogens (primary N) is 1. The van der Waals surface area contributed by atoms with Gasteiger partial charge in [-0.05, 0) is 29.4 Å². The van der Waals surface area contributed by atoms with Gasteiger partial charge in [0.1, 0.15) is 22.9 Å². The summed E-state index contributed by atoms with van der Waals surface area (Å²) >= 11 is 0. The smallest absolute Gasteiger partial charge is 0.275 e. The van der Waals surface area contributed by atoms with Crippen LogP contribution in [0.2, 0.25) is 0 Å². The Morgan fingerprint density at radius 1 is 1.27 bits per heavy atom. The zero-order valence-corrected chi connectivity index (χ0v) is 13.3. The van der Waals surface area contributed by atoms with Crippen molar-refractivity contribution in [3.63, 3.8) is 0 Å². The molecule has 1 aromatic carbocycles. The van der Waals surface area contributed by atoms with Gasteiger partial charge in [0.25, 0.3) is 5.91 Å². The monoisotopic (exact) mass is 362 g/mol. The molecule has 0 spiro atoms. The number of carbonyl (C=O) groups excluding carboxylic acids is 1. The van der Waals surface area contributed by atoms with Crippen LogP contribution in [0.15, 0.2) is 29.4 Å². The number of anilines is 1. The van der Waals surface area contributed by atoms with Crippen molar-refractivity contribution < 1.29 is 18.2 Å². The standard InChI is InChI=1S/C14H12F2N8O2/c1-6(18-20-14(25)10-8(15)4-3-5-9(10)16)11-7(2)19-23-24(11)13-12(17)21-26-22-13/h3-5,18H,1H2,2H3,(H2,17,21)(H,20,25). The number of carbonyl (C=O) groups is 1. The van der Waals surface area contributed by atoms with E-state index in [1.54, 1.807) is 6.92 Å². The van der Waals surface area contributed by atoms with Gasteiger partial charge in [0.05, 0.1) is 11.4 Å². The normalized spacial score (nSPS) is 10.6. The number of hydrogen-bond acceptors (Lipinski definition) is 8. The lowest BCUT2D eigenvalue weighted by atomic mass is 10.2. The van der Waals surface area contributed by atoms with Crippen LogP contribution >= 0.6 is 0 Å². The van der Waals surface area contributed by atoms with Gasteiger partial charge in [-0.15, -0.1) is 5.10 Å². The molecule has 4 N–H and O–H groups in total. The third-order valence-electron chi connectivity index (χ3n) is 3.34. The van der Waals surface area contributed by atoms with Crippen molar-refractivity contribution in [1.29, 1.82) is 0 Å². The Morgan fingerprint density at radius 3 is 2.58 bits per heavy atom. The van der Waals surface area contributed by atoms with Crippen molar-refractivity contribution in [2.45, 2.75) is 6.92 Å². The Bertz CT molecular complexity index is 977. The van der Waals surface area contributed by atoms with Crippen molar-refractivity contribution in [2.24, 2.45) is 0 Å². The van der Waals surface area contributed by atoms with E-state index in [2.05, 4.69) is 42.7 Å². The zero-order valence-electron chi connectivity index (χ0n) is 13.3. The van der Waals surface area contributed by atoms with Gasteiger partial charge in [-0.3, -0.25) is 15.6 Å². The maximum absolute atomic E-state index is 13.6. The van der Waals surface area contributed by atoms with E-state index in [4.69, 9.17) is 5.73 Å². The Kier molecular flexibility index (Phi) is 4.31. The van der Waals surface area contributed by atoms with Crippen LogP contribution in [0.4, 0.5) is 14.6 Å². The second-order valence-electron chi connectivity index (χ2n) is 5.06. The highest BCUT2D eigenvalue weighted by atomic mass is 19.1. The number of nitrogens with one attached hydrogen (secondary N) is 2. The molecule has 0 bridgehead atoms. The highest BCUT2D eigenvalue weighted by molar-refractivity contribution is 5.94. The van der Waals surface area contributed by atoms with E-state index < -0.39 is 23.1 Å². The summed E-state index contributed by atoms with van der Waals surface area (Å²) in [6.07, 6.45) is 0. The Hall–Kier alpha value is -3.83. The average molecular weight is 362 g/mol. The van der Waals surface area contributed by atoms with Crippen molar-refractivity contribution >= 4 is 17.4 Å². The predicted molar refractivity (Wildman–Crippen MR) is 84.4 cm³/mol. The number of hydrazine groups is 1. The molecule has 3 rings (SSSR count). The maximum atomic E-state index is 13.6. The number of aromatic nitrogens is 5. The van der Waals surface area contributed by atoms with E-state index in [0.29, 0.717) is 11.4 Å². The first kappa shape index (κ1) is 17.0. The molecular weight excluding hydrogens is 350 g/mol. The first-order valence-electron chi connectivity index (χ1n) is 7.10. The molecule has 0 saturated carbocycles. The van der Waals surface area contributed by atoms with E-state index in [9.17, 15) is 13.6 Å². The van der Waals surface area contributed by atoms with Gasteiger partial charge in [-0.25, -0.2) is 13.4 Å². The van der Waals surface area contributed by atoms with E-state index in [-0.39, 0.29) is 17.3 Å². The number of nitrogen functional groups attached to an aromatic ring is 1. The number of rotatable bonds is 5. The topological polar surface area (TPSA) is 137 Å². The first-order chi connectivity index (χ1) is 12.4. The zero-order chi connectivity index (χ0) is 18.8. The SMILES string of the molecule is C=C(NNC(=O)c1c(F)cccc1F)c1c(C)nnn1-c1nonc1N. The molecule has 0 saturated heterocycles. The van der Waals surface area contributed by atoms with Gasteiger partial charge in [-0.2, -0.15) is 4.68 Å². The number of benzene rings is 1. The van der Waals surface area contributed by atoms with Gasteiger partial charge in [0.15, 0.2) is 0 Å². The highest BCUT2D eigenvalue weighted by Crippen LogP contribution is 2.19. The lowest BCUT2D eigenvalue weighted by Crippen LogP contribution is -2.37. The van der Waals surface area contributed by atoms with Crippen molar-refractivity contribution in [1.82, 2.24) is 36.2 Å². The van der Waals surface area contributed by atoms with Crippen LogP contribution in [0.5, 0.6) is 0 Å². The van der Waals surface area contributed by atoms with Crippen LogP contribution in [-0.4, -0.2) is 31.2 Å². The minimum absolute atomic E-state index is 0.0404. The largest absolute Gasteiger partial charge is 0.378 e. The Balaban J connectivity index is 1.81. The molecule has 26 heavy (non-hydrogen) atoms. The number of nitrogens with zero attached hydrogens (tertiary/aromatic N) is 5. The van der Waals surface area contributed by atoms with Crippen molar-refractivity contribution in [3.05, 3.63) is 53.4 Å². The molecule has 2 heterocycles. The van der Waals surface area contributed by atoms with Crippen LogP contribution < -0.4 is 16.6 Å². The molecule has 0 radical (unpaired) electrons. The maximum Gasteiger partial charge on any atom is 0.275 e. The van der Waals surface area contributed by atoms with Gasteiger partial charge < -0.3 is 5.73 Å². The van der Waals surface area contributed by atoms with Gasteiger partial charge in [0, 0.05) is 0 Å². The number of amides is 1. The molecule has 0 aliphatic carbocycles. The molecule has 10 nitrogen and oxygen atoms in total. The number of aryl methyl sites for hydroxylation is 1. The first-order valence-corrected chi connectivity index (χ1v) is 7.10. The molecule has 1 amide bonds. The van der Waals surface area contributed by atoms with Crippen molar-refractivity contribution in [2.75, 3.05) is 5.73 Å². The van der Waals surface area contributed by atoms with Crippen LogP contribution in [0.1, 0.15) is 21.7 Å². The minimum Gasteiger partial charge on any atom is -0.378 e. The second-order valence-corrected chi connectivity index (χ2v) is 5.06. The summed E-state index contributed by atoms with van der Waals surface area (Å²) in [6, 6.07) is 3.09. The average Bonchev–Trinajstić information content (AvgIpc) is 3.17. The lowest BCUT2D eigenvalue weighted by molar-refractivity contribution is 0.0934.